The zero-order valence-corrected chi connectivity index (χ0v) is 18.1. The predicted molar refractivity (Wildman–Crippen MR) is 120 cm³/mol. The van der Waals surface area contributed by atoms with Gasteiger partial charge in [-0.25, -0.2) is 14.6 Å². The van der Waals surface area contributed by atoms with E-state index in [1.165, 1.54) is 35.1 Å². The summed E-state index contributed by atoms with van der Waals surface area (Å²) in [6, 6.07) is 14.5. The number of halogens is 3. The number of benzene rings is 2. The third-order valence-corrected chi connectivity index (χ3v) is 5.17. The van der Waals surface area contributed by atoms with Crippen molar-refractivity contribution in [1.82, 2.24) is 19.7 Å². The Bertz CT molecular complexity index is 1290. The maximum absolute atomic E-state index is 14.1. The molecule has 2 aromatic carbocycles. The molecular weight excluding hydrogens is 463 g/mol. The van der Waals surface area contributed by atoms with E-state index in [4.69, 9.17) is 15.6 Å². The van der Waals surface area contributed by atoms with Crippen LogP contribution in [0.2, 0.25) is 0 Å². The molecule has 4 aromatic rings. The smallest absolute Gasteiger partial charge is 0.429 e. The number of nitrogens with zero attached hydrogens (tertiary/aromatic N) is 4. The van der Waals surface area contributed by atoms with E-state index in [1.54, 1.807) is 42.6 Å². The van der Waals surface area contributed by atoms with Crippen LogP contribution in [0.1, 0.15) is 17.2 Å². The molecule has 0 radical (unpaired) electrons. The maximum atomic E-state index is 14.1. The second-order valence-electron chi connectivity index (χ2n) is 7.64. The Morgan fingerprint density at radius 1 is 1.09 bits per heavy atom. The minimum Gasteiger partial charge on any atom is -0.480 e. The number of rotatable bonds is 8. The molecule has 3 N–H and O–H groups in total. The third kappa shape index (κ3) is 5.64. The summed E-state index contributed by atoms with van der Waals surface area (Å²) >= 11 is 0. The topological polar surface area (TPSA) is 116 Å². The van der Waals surface area contributed by atoms with Crippen molar-refractivity contribution in [2.24, 2.45) is 5.73 Å². The summed E-state index contributed by atoms with van der Waals surface area (Å²) < 4.78 is 49.0. The molecule has 0 amide bonds. The molecule has 1 unspecified atom stereocenters. The fourth-order valence-corrected chi connectivity index (χ4v) is 3.47. The Morgan fingerprint density at radius 3 is 2.49 bits per heavy atom. The van der Waals surface area contributed by atoms with Gasteiger partial charge in [0.1, 0.15) is 12.4 Å². The van der Waals surface area contributed by atoms with Gasteiger partial charge in [-0.15, -0.1) is 0 Å². The zero-order chi connectivity index (χ0) is 25.0. The largest absolute Gasteiger partial charge is 0.480 e. The molecule has 0 spiro atoms. The number of aromatic nitrogens is 4. The van der Waals surface area contributed by atoms with Gasteiger partial charge in [-0.05, 0) is 24.1 Å². The van der Waals surface area contributed by atoms with Gasteiger partial charge in [0.2, 0.25) is 12.0 Å². The molecule has 2 heterocycles. The molecule has 35 heavy (non-hydrogen) atoms. The molecule has 2 atom stereocenters. The van der Waals surface area contributed by atoms with Gasteiger partial charge in [0, 0.05) is 29.6 Å². The number of alkyl halides is 3. The van der Waals surface area contributed by atoms with Crippen LogP contribution in [0.4, 0.5) is 13.2 Å². The summed E-state index contributed by atoms with van der Waals surface area (Å²) in [7, 11) is 0. The number of nitrogens with two attached hydrogens (primary N) is 1. The van der Waals surface area contributed by atoms with Crippen molar-refractivity contribution >= 4 is 5.97 Å². The lowest BCUT2D eigenvalue weighted by Gasteiger charge is -2.23. The fourth-order valence-electron chi connectivity index (χ4n) is 3.47. The van der Waals surface area contributed by atoms with Gasteiger partial charge in [0.05, 0.1) is 11.4 Å². The van der Waals surface area contributed by atoms with Crippen LogP contribution in [0.25, 0.3) is 16.9 Å². The number of carboxylic acid groups (broad SMARTS) is 1. The lowest BCUT2D eigenvalue weighted by Crippen LogP contribution is -2.32. The van der Waals surface area contributed by atoms with Crippen LogP contribution in [0.5, 0.6) is 5.88 Å². The van der Waals surface area contributed by atoms with Crippen molar-refractivity contribution in [2.45, 2.75) is 24.7 Å². The van der Waals surface area contributed by atoms with Gasteiger partial charge >= 0.3 is 12.1 Å². The van der Waals surface area contributed by atoms with Crippen molar-refractivity contribution in [3.05, 3.63) is 90.5 Å². The van der Waals surface area contributed by atoms with E-state index in [9.17, 15) is 18.0 Å². The Morgan fingerprint density at radius 2 is 1.83 bits per heavy atom. The van der Waals surface area contributed by atoms with Crippen LogP contribution in [0.3, 0.4) is 0 Å². The summed E-state index contributed by atoms with van der Waals surface area (Å²) in [4.78, 5) is 18.9. The molecule has 0 saturated heterocycles. The first-order chi connectivity index (χ1) is 16.7. The standard InChI is InChI=1S/C24H20F3N5O3/c25-24(26,27)22(17-4-1-2-5-20(17)32-11-3-10-31-32)35-21-13-19(29-14-30-21)16-8-6-15(7-9-16)12-18(28)23(33)34/h1-11,13-14,18,22H,12,28H2,(H,33,34)/t18?,22-/m0/s1. The molecule has 0 aliphatic rings. The van der Waals surface area contributed by atoms with Gasteiger partial charge in [-0.3, -0.25) is 4.79 Å². The normalized spacial score (nSPS) is 13.3. The molecular formula is C24H20F3N5O3. The average molecular weight is 483 g/mol. The van der Waals surface area contributed by atoms with Crippen molar-refractivity contribution in [2.75, 3.05) is 0 Å². The summed E-state index contributed by atoms with van der Waals surface area (Å²) in [6.45, 7) is 0. The number of aliphatic carboxylic acids is 1. The summed E-state index contributed by atoms with van der Waals surface area (Å²) in [5, 5.41) is 13.0. The van der Waals surface area contributed by atoms with Crippen LogP contribution in [-0.4, -0.2) is 43.0 Å². The van der Waals surface area contributed by atoms with E-state index >= 15 is 0 Å². The highest BCUT2D eigenvalue weighted by Crippen LogP contribution is 2.39. The third-order valence-electron chi connectivity index (χ3n) is 5.17. The van der Waals surface area contributed by atoms with Crippen molar-refractivity contribution in [1.29, 1.82) is 0 Å². The molecule has 8 nitrogen and oxygen atoms in total. The predicted octanol–water partition coefficient (Wildman–Crippen LogP) is 3.97. The molecule has 4 rings (SSSR count). The minimum absolute atomic E-state index is 0.122. The Labute approximate surface area is 197 Å². The second kappa shape index (κ2) is 9.94. The van der Waals surface area contributed by atoms with E-state index in [2.05, 4.69) is 15.1 Å². The molecule has 0 aliphatic heterocycles. The van der Waals surface area contributed by atoms with Gasteiger partial charge in [0.25, 0.3) is 0 Å². The van der Waals surface area contributed by atoms with Gasteiger partial charge in [0.15, 0.2) is 0 Å². The summed E-state index contributed by atoms with van der Waals surface area (Å²) in [5.41, 5.74) is 7.28. The molecule has 0 bridgehead atoms. The van der Waals surface area contributed by atoms with Crippen molar-refractivity contribution < 1.29 is 27.8 Å². The first-order valence-corrected chi connectivity index (χ1v) is 10.4. The van der Waals surface area contributed by atoms with Gasteiger partial charge < -0.3 is 15.6 Å². The number of para-hydroxylation sites is 1. The number of carboxylic acids is 1. The molecule has 2 aromatic heterocycles. The number of carbonyl (C=O) groups is 1. The van der Waals surface area contributed by atoms with Crippen LogP contribution in [0.15, 0.2) is 79.4 Å². The quantitative estimate of drug-likeness (QED) is 0.390. The highest BCUT2D eigenvalue weighted by atomic mass is 19.4. The van der Waals surface area contributed by atoms with Crippen LogP contribution in [-0.2, 0) is 11.2 Å². The monoisotopic (exact) mass is 483 g/mol. The lowest BCUT2D eigenvalue weighted by atomic mass is 10.0. The average Bonchev–Trinajstić information content (AvgIpc) is 3.37. The van der Waals surface area contributed by atoms with Gasteiger partial charge in [-0.2, -0.15) is 18.3 Å². The second-order valence-corrected chi connectivity index (χ2v) is 7.64. The van der Waals surface area contributed by atoms with E-state index in [0.717, 1.165) is 6.33 Å². The number of hydrogen-bond acceptors (Lipinski definition) is 6. The summed E-state index contributed by atoms with van der Waals surface area (Å²) in [6.07, 6.45) is -2.77. The lowest BCUT2D eigenvalue weighted by molar-refractivity contribution is -0.198. The molecule has 0 fully saturated rings. The van der Waals surface area contributed by atoms with Crippen LogP contribution in [0, 0.1) is 0 Å². The molecule has 11 heteroatoms. The minimum atomic E-state index is -4.74. The highest BCUT2D eigenvalue weighted by Gasteiger charge is 2.44. The Kier molecular flexibility index (Phi) is 6.78. The van der Waals surface area contributed by atoms with E-state index in [-0.39, 0.29) is 23.6 Å². The summed E-state index contributed by atoms with van der Waals surface area (Å²) in [5.74, 6) is -1.37. The SMILES string of the molecule is NC(Cc1ccc(-c2cc(O[C@@H](c3ccccc3-n3cccn3)C(F)(F)F)ncn2)cc1)C(=O)O. The van der Waals surface area contributed by atoms with Crippen LogP contribution < -0.4 is 10.5 Å². The first-order valence-electron chi connectivity index (χ1n) is 10.4. The van der Waals surface area contributed by atoms with Crippen molar-refractivity contribution in [3.8, 4) is 22.8 Å². The number of hydrogen-bond donors (Lipinski definition) is 2. The van der Waals surface area contributed by atoms with Crippen molar-refractivity contribution in [3.63, 3.8) is 0 Å². The highest BCUT2D eigenvalue weighted by molar-refractivity contribution is 5.73. The Balaban J connectivity index is 1.61. The van der Waals surface area contributed by atoms with Crippen LogP contribution >= 0.6 is 0 Å². The molecule has 0 saturated carbocycles. The van der Waals surface area contributed by atoms with Gasteiger partial charge in [-0.1, -0.05) is 42.5 Å². The molecule has 180 valence electrons. The van der Waals surface area contributed by atoms with E-state index in [1.807, 2.05) is 0 Å². The number of ether oxygens (including phenoxy) is 1. The first kappa shape index (κ1) is 23.9. The maximum Gasteiger partial charge on any atom is 0.429 e. The zero-order valence-electron chi connectivity index (χ0n) is 18.1. The molecule has 0 aliphatic carbocycles. The van der Waals surface area contributed by atoms with E-state index in [0.29, 0.717) is 16.8 Å². The van der Waals surface area contributed by atoms with E-state index < -0.39 is 24.3 Å². The fraction of sp³-hybridized carbons (Fsp3) is 0.167. The Hall–Kier alpha value is -4.25.